The van der Waals surface area contributed by atoms with Gasteiger partial charge < -0.3 is 4.90 Å². The number of aryl methyl sites for hydroxylation is 1. The van der Waals surface area contributed by atoms with Gasteiger partial charge in [-0.15, -0.1) is 0 Å². The Morgan fingerprint density at radius 1 is 0.889 bits per heavy atom. The van der Waals surface area contributed by atoms with E-state index in [4.69, 9.17) is 0 Å². The van der Waals surface area contributed by atoms with Gasteiger partial charge in [0.05, 0.1) is 10.9 Å². The Morgan fingerprint density at radius 3 is 2.26 bits per heavy atom. The van der Waals surface area contributed by atoms with Gasteiger partial charge in [0, 0.05) is 18.4 Å². The molecule has 4 nitrogen and oxygen atoms in total. The highest BCUT2D eigenvalue weighted by Gasteiger charge is 2.28. The molecule has 4 rings (SSSR count). The van der Waals surface area contributed by atoms with Gasteiger partial charge in [-0.1, -0.05) is 54.1 Å². The van der Waals surface area contributed by atoms with Crippen molar-refractivity contribution in [1.82, 2.24) is 4.72 Å². The van der Waals surface area contributed by atoms with Gasteiger partial charge in [-0.2, -0.15) is 0 Å². The van der Waals surface area contributed by atoms with Crippen LogP contribution in [0.2, 0.25) is 0 Å². The van der Waals surface area contributed by atoms with Crippen LogP contribution < -0.4 is 9.62 Å². The minimum Gasteiger partial charge on any atom is -0.344 e. The van der Waals surface area contributed by atoms with Gasteiger partial charge in [-0.3, -0.25) is 0 Å². The molecule has 5 heteroatoms. The Hall–Kier alpha value is -2.63. The zero-order valence-corrected chi connectivity index (χ0v) is 16.2. The number of anilines is 2. The first-order valence-electron chi connectivity index (χ1n) is 8.95. The summed E-state index contributed by atoms with van der Waals surface area (Å²) in [5, 5.41) is 0. The summed E-state index contributed by atoms with van der Waals surface area (Å²) in [5.41, 5.74) is 5.24. The fourth-order valence-electron chi connectivity index (χ4n) is 3.64. The monoisotopic (exact) mass is 378 g/mol. The Morgan fingerprint density at radius 2 is 1.52 bits per heavy atom. The zero-order valence-electron chi connectivity index (χ0n) is 15.4. The van der Waals surface area contributed by atoms with Gasteiger partial charge in [0.2, 0.25) is 10.0 Å². The van der Waals surface area contributed by atoms with E-state index in [1.807, 2.05) is 62.5 Å². The molecule has 0 radical (unpaired) electrons. The summed E-state index contributed by atoms with van der Waals surface area (Å²) < 4.78 is 28.9. The van der Waals surface area contributed by atoms with Crippen LogP contribution in [-0.4, -0.2) is 15.5 Å². The van der Waals surface area contributed by atoms with Crippen molar-refractivity contribution in [3.8, 4) is 0 Å². The number of fused-ring (bicyclic) bond motifs is 2. The third-order valence-electron chi connectivity index (χ3n) is 5.08. The second kappa shape index (κ2) is 6.83. The quantitative estimate of drug-likeness (QED) is 0.738. The number of para-hydroxylation sites is 2. The molecule has 0 saturated carbocycles. The van der Waals surface area contributed by atoms with Crippen molar-refractivity contribution in [1.29, 1.82) is 0 Å². The number of rotatable bonds is 3. The summed E-state index contributed by atoms with van der Waals surface area (Å²) in [4.78, 5) is 2.42. The highest BCUT2D eigenvalue weighted by molar-refractivity contribution is 7.89. The van der Waals surface area contributed by atoms with Gasteiger partial charge in [0.25, 0.3) is 0 Å². The number of nitrogens with one attached hydrogen (secondary N) is 1. The standard InChI is InChI=1S/C22H22N2O2S/c1-16-11-13-18(14-12-16)27(25,26)23-20-15-17-7-3-5-9-21(17)24(2)22-10-6-4-8-19(20)22/h3-14,20,23H,15H2,1-2H3. The molecule has 27 heavy (non-hydrogen) atoms. The maximum atomic E-state index is 13.0. The Bertz CT molecular complexity index is 1080. The molecule has 0 aromatic heterocycles. The molecule has 3 aromatic carbocycles. The SMILES string of the molecule is Cc1ccc(S(=O)(=O)NC2Cc3ccccc3N(C)c3ccccc32)cc1. The predicted octanol–water partition coefficient (Wildman–Crippen LogP) is 4.34. The molecular weight excluding hydrogens is 356 g/mol. The molecular formula is C22H22N2O2S. The second-order valence-electron chi connectivity index (χ2n) is 6.94. The molecule has 3 aromatic rings. The van der Waals surface area contributed by atoms with Gasteiger partial charge in [-0.05, 0) is 48.7 Å². The number of hydrogen-bond acceptors (Lipinski definition) is 3. The summed E-state index contributed by atoms with van der Waals surface area (Å²) >= 11 is 0. The van der Waals surface area contributed by atoms with Crippen LogP contribution in [-0.2, 0) is 16.4 Å². The summed E-state index contributed by atoms with van der Waals surface area (Å²) in [6.45, 7) is 1.94. The van der Waals surface area contributed by atoms with Crippen LogP contribution in [0.5, 0.6) is 0 Å². The summed E-state index contributed by atoms with van der Waals surface area (Å²) in [6, 6.07) is 22.7. The van der Waals surface area contributed by atoms with Gasteiger partial charge in [0.1, 0.15) is 0 Å². The van der Waals surface area contributed by atoms with Crippen molar-refractivity contribution in [2.75, 3.05) is 11.9 Å². The van der Waals surface area contributed by atoms with Crippen LogP contribution in [0.3, 0.4) is 0 Å². The first-order valence-corrected chi connectivity index (χ1v) is 10.4. The van der Waals surface area contributed by atoms with Crippen molar-refractivity contribution in [2.45, 2.75) is 24.3 Å². The predicted molar refractivity (Wildman–Crippen MR) is 109 cm³/mol. The van der Waals surface area contributed by atoms with Crippen molar-refractivity contribution in [3.63, 3.8) is 0 Å². The summed E-state index contributed by atoms with van der Waals surface area (Å²) in [7, 11) is -1.60. The van der Waals surface area contributed by atoms with Crippen LogP contribution in [0.15, 0.2) is 77.7 Å². The molecule has 0 saturated heterocycles. The fourth-order valence-corrected chi connectivity index (χ4v) is 4.85. The molecule has 0 bridgehead atoms. The van der Waals surface area contributed by atoms with Crippen LogP contribution in [0.25, 0.3) is 0 Å². The van der Waals surface area contributed by atoms with E-state index in [9.17, 15) is 8.42 Å². The molecule has 0 aliphatic carbocycles. The summed E-state index contributed by atoms with van der Waals surface area (Å²) in [6.07, 6.45) is 0.600. The molecule has 0 spiro atoms. The lowest BCUT2D eigenvalue weighted by Crippen LogP contribution is -2.30. The first kappa shape index (κ1) is 17.8. The molecule has 1 atom stereocenters. The highest BCUT2D eigenvalue weighted by atomic mass is 32.2. The molecule has 1 heterocycles. The number of sulfonamides is 1. The third kappa shape index (κ3) is 3.36. The number of nitrogens with zero attached hydrogens (tertiary/aromatic N) is 1. The first-order chi connectivity index (χ1) is 13.0. The lowest BCUT2D eigenvalue weighted by Gasteiger charge is -2.23. The van der Waals surface area contributed by atoms with E-state index >= 15 is 0 Å². The molecule has 0 fully saturated rings. The van der Waals surface area contributed by atoms with E-state index in [1.54, 1.807) is 12.1 Å². The van der Waals surface area contributed by atoms with Crippen LogP contribution in [0.4, 0.5) is 11.4 Å². The topological polar surface area (TPSA) is 49.4 Å². The Balaban J connectivity index is 1.78. The molecule has 1 aliphatic heterocycles. The van der Waals surface area contributed by atoms with E-state index in [1.165, 1.54) is 0 Å². The molecule has 138 valence electrons. The molecule has 1 unspecified atom stereocenters. The molecule has 0 amide bonds. The zero-order chi connectivity index (χ0) is 19.0. The van der Waals surface area contributed by atoms with Crippen molar-refractivity contribution in [2.24, 2.45) is 0 Å². The smallest absolute Gasteiger partial charge is 0.241 e. The van der Waals surface area contributed by atoms with E-state index in [2.05, 4.69) is 21.8 Å². The maximum Gasteiger partial charge on any atom is 0.241 e. The van der Waals surface area contributed by atoms with Gasteiger partial charge >= 0.3 is 0 Å². The highest BCUT2D eigenvalue weighted by Crippen LogP contribution is 2.39. The van der Waals surface area contributed by atoms with Crippen LogP contribution in [0.1, 0.15) is 22.7 Å². The van der Waals surface area contributed by atoms with Crippen molar-refractivity contribution < 1.29 is 8.42 Å². The lowest BCUT2D eigenvalue weighted by atomic mass is 10.00. The largest absolute Gasteiger partial charge is 0.344 e. The van der Waals surface area contributed by atoms with E-state index < -0.39 is 10.0 Å². The van der Waals surface area contributed by atoms with Gasteiger partial charge in [-0.25, -0.2) is 13.1 Å². The maximum absolute atomic E-state index is 13.0. The van der Waals surface area contributed by atoms with E-state index in [-0.39, 0.29) is 10.9 Å². The Labute approximate surface area is 160 Å². The second-order valence-corrected chi connectivity index (χ2v) is 8.65. The third-order valence-corrected chi connectivity index (χ3v) is 6.57. The Kier molecular flexibility index (Phi) is 4.50. The van der Waals surface area contributed by atoms with E-state index in [0.29, 0.717) is 6.42 Å². The normalized spacial score (nSPS) is 16.4. The minimum absolute atomic E-state index is 0.288. The lowest BCUT2D eigenvalue weighted by molar-refractivity contribution is 0.556. The number of benzene rings is 3. The fraction of sp³-hybridized carbons (Fsp3) is 0.182. The molecule has 1 aliphatic rings. The van der Waals surface area contributed by atoms with Crippen molar-refractivity contribution in [3.05, 3.63) is 89.5 Å². The number of hydrogen-bond donors (Lipinski definition) is 1. The van der Waals surface area contributed by atoms with Crippen LogP contribution >= 0.6 is 0 Å². The van der Waals surface area contributed by atoms with E-state index in [0.717, 1.165) is 28.1 Å². The minimum atomic E-state index is -3.62. The van der Waals surface area contributed by atoms with Gasteiger partial charge in [0.15, 0.2) is 0 Å². The average Bonchev–Trinajstić information content (AvgIpc) is 2.78. The van der Waals surface area contributed by atoms with Crippen LogP contribution in [0, 0.1) is 6.92 Å². The average molecular weight is 378 g/mol. The molecule has 1 N–H and O–H groups in total. The summed E-state index contributed by atoms with van der Waals surface area (Å²) in [5.74, 6) is 0. The van der Waals surface area contributed by atoms with Crippen molar-refractivity contribution >= 4 is 21.4 Å².